The first-order valence-corrected chi connectivity index (χ1v) is 25.7. The highest BCUT2D eigenvalue weighted by Gasteiger charge is 2.23. The predicted octanol–water partition coefficient (Wildman–Crippen LogP) is 9.06. The first-order valence-electron chi connectivity index (χ1n) is 25.7. The molecule has 2 aliphatic rings. The number of aromatic amines is 2. The summed E-state index contributed by atoms with van der Waals surface area (Å²) in [6, 6.07) is 27.1. The zero-order valence-corrected chi connectivity index (χ0v) is 44.9. The van der Waals surface area contributed by atoms with E-state index < -0.39 is 50.3 Å². The van der Waals surface area contributed by atoms with E-state index in [9.17, 15) is 40.9 Å². The Morgan fingerprint density at radius 1 is 0.275 bits per heavy atom. The summed E-state index contributed by atoms with van der Waals surface area (Å²) in [5.41, 5.74) is 7.64. The minimum absolute atomic E-state index is 0.207. The molecule has 8 bridgehead atoms. The lowest BCUT2D eigenvalue weighted by Crippen LogP contribution is -2.12. The van der Waals surface area contributed by atoms with E-state index in [1.807, 2.05) is 48.6 Å². The Balaban J connectivity index is 1.49. The lowest BCUT2D eigenvalue weighted by Gasteiger charge is -2.16. The van der Waals surface area contributed by atoms with Crippen LogP contribution in [-0.4, -0.2) is 111 Å². The van der Waals surface area contributed by atoms with Crippen LogP contribution >= 0.6 is 0 Å². The van der Waals surface area contributed by atoms with Crippen molar-refractivity contribution in [3.8, 4) is 90.5 Å². The molecule has 9 rings (SSSR count). The van der Waals surface area contributed by atoms with Gasteiger partial charge in [-0.2, -0.15) is 0 Å². The fraction of sp³-hybridized carbons (Fsp3) is 0.267. The molecule has 0 saturated carbocycles. The van der Waals surface area contributed by atoms with Gasteiger partial charge in [-0.25, -0.2) is 9.97 Å². The van der Waals surface area contributed by atoms with Crippen molar-refractivity contribution >= 4 is 46.4 Å². The largest absolute Gasteiger partial charge is 0.465 e. The second-order valence-electron chi connectivity index (χ2n) is 19.0. The number of aromatic nitrogens is 4. The summed E-state index contributed by atoms with van der Waals surface area (Å²) in [4.78, 5) is 17.9. The van der Waals surface area contributed by atoms with Crippen LogP contribution in [0.1, 0.15) is 78.2 Å². The van der Waals surface area contributed by atoms with Crippen molar-refractivity contribution in [2.24, 2.45) is 0 Å². The van der Waals surface area contributed by atoms with Crippen LogP contribution in [0, 0.1) is 0 Å². The number of ether oxygens (including phenoxy) is 8. The smallest absolute Gasteiger partial charge is 0.194 e. The molecule has 8 atom stereocenters. The number of fused-ring (bicyclic) bond motifs is 8. The summed E-state index contributed by atoms with van der Waals surface area (Å²) < 4.78 is 46.6. The third-order valence-electron chi connectivity index (χ3n) is 11.9. The molecule has 4 aromatic carbocycles. The summed E-state index contributed by atoms with van der Waals surface area (Å²) >= 11 is 0. The van der Waals surface area contributed by atoms with Gasteiger partial charge in [-0.05, 0) is 175 Å². The Morgan fingerprint density at radius 2 is 0.438 bits per heavy atom. The number of nitrogens with one attached hydrogen (secondary N) is 2. The predicted molar refractivity (Wildman–Crippen MR) is 299 cm³/mol. The molecule has 3 aromatic heterocycles. The van der Waals surface area contributed by atoms with Gasteiger partial charge in [-0.3, -0.25) is 0 Å². The van der Waals surface area contributed by atoms with Gasteiger partial charge in [-0.1, -0.05) is 0 Å². The summed E-state index contributed by atoms with van der Waals surface area (Å²) in [6.07, 6.45) is -2.63. The Morgan fingerprint density at radius 3 is 0.588 bits per heavy atom. The Hall–Kier alpha value is -8.44. The monoisotopic (exact) mass is 1090 g/mol. The number of H-pyrrole nitrogens is 2. The van der Waals surface area contributed by atoms with Gasteiger partial charge >= 0.3 is 0 Å². The van der Waals surface area contributed by atoms with E-state index in [4.69, 9.17) is 47.9 Å². The summed E-state index contributed by atoms with van der Waals surface area (Å²) in [7, 11) is 0. The van der Waals surface area contributed by atoms with Crippen LogP contribution in [0.15, 0.2) is 97.1 Å². The summed E-state index contributed by atoms with van der Waals surface area (Å²) in [5, 5.41) is 83.6. The van der Waals surface area contributed by atoms with Crippen LogP contribution in [0.4, 0.5) is 0 Å². The molecule has 20 nitrogen and oxygen atoms in total. The minimum Gasteiger partial charge on any atom is -0.465 e. The lowest BCUT2D eigenvalue weighted by molar-refractivity contribution is -0.00640. The summed E-state index contributed by atoms with van der Waals surface area (Å²) in [6.45, 7) is 11.7. The number of hydrogen-bond donors (Lipinski definition) is 10. The van der Waals surface area contributed by atoms with Gasteiger partial charge in [0.25, 0.3) is 0 Å². The van der Waals surface area contributed by atoms with Crippen LogP contribution in [0.2, 0.25) is 0 Å². The van der Waals surface area contributed by atoms with E-state index in [2.05, 4.69) is 9.97 Å². The third kappa shape index (κ3) is 13.5. The SMILES string of the molecule is CC(O)Oc1cc(OC(C)O)cc(-c2c3nc(c(-c4cc(OC(C)O)cc(OC(C)O)c4)c4ccc([nH]4)c(-c4cc(OC(C)O)cc(OC(C)O)c4)c4nc(c(-c5cc(OC(C)O)cc(OC(C)O)c5)c5ccc2[nH]5)C=C4)C=C3)c1. The highest BCUT2D eigenvalue weighted by Crippen LogP contribution is 2.43. The molecule has 8 unspecified atom stereocenters. The van der Waals surface area contributed by atoms with E-state index in [1.54, 1.807) is 48.5 Å². The van der Waals surface area contributed by atoms with Crippen LogP contribution in [0.25, 0.3) is 90.9 Å². The average molecular weight is 1100 g/mol. The molecule has 2 aliphatic heterocycles. The van der Waals surface area contributed by atoms with Crippen LogP contribution in [0.3, 0.4) is 0 Å². The molecule has 80 heavy (non-hydrogen) atoms. The van der Waals surface area contributed by atoms with Gasteiger partial charge in [-0.15, -0.1) is 0 Å². The number of hydrogen-bond acceptors (Lipinski definition) is 18. The second kappa shape index (κ2) is 23.9. The first-order chi connectivity index (χ1) is 38.1. The van der Waals surface area contributed by atoms with Gasteiger partial charge in [0.15, 0.2) is 50.3 Å². The van der Waals surface area contributed by atoms with Gasteiger partial charge in [0, 0.05) is 68.6 Å². The first kappa shape index (κ1) is 56.3. The highest BCUT2D eigenvalue weighted by molar-refractivity contribution is 6.00. The second-order valence-corrected chi connectivity index (χ2v) is 19.0. The molecule has 418 valence electrons. The van der Waals surface area contributed by atoms with E-state index >= 15 is 0 Å². The van der Waals surface area contributed by atoms with Crippen molar-refractivity contribution in [1.82, 2.24) is 19.9 Å². The fourth-order valence-electron chi connectivity index (χ4n) is 9.40. The fourth-order valence-corrected chi connectivity index (χ4v) is 9.40. The van der Waals surface area contributed by atoms with Crippen molar-refractivity contribution < 1.29 is 78.7 Å². The van der Waals surface area contributed by atoms with Crippen LogP contribution in [0.5, 0.6) is 46.0 Å². The number of aliphatic hydroxyl groups excluding tert-OH is 8. The zero-order valence-electron chi connectivity index (χ0n) is 44.9. The van der Waals surface area contributed by atoms with Gasteiger partial charge in [0.1, 0.15) is 46.0 Å². The topological polar surface area (TPSA) is 293 Å². The molecular weight excluding hydrogens is 1030 g/mol. The molecule has 0 spiro atoms. The molecule has 0 saturated heterocycles. The molecule has 7 aromatic rings. The highest BCUT2D eigenvalue weighted by atomic mass is 16.6. The lowest BCUT2D eigenvalue weighted by atomic mass is 10.0. The Labute approximate surface area is 459 Å². The van der Waals surface area contributed by atoms with E-state index in [0.29, 0.717) is 89.4 Å². The molecule has 0 radical (unpaired) electrons. The Kier molecular flexibility index (Phi) is 16.8. The summed E-state index contributed by atoms with van der Waals surface area (Å²) in [5.74, 6) is 1.66. The molecule has 5 heterocycles. The minimum atomic E-state index is -1.24. The maximum absolute atomic E-state index is 10.5. The average Bonchev–Trinajstić information content (AvgIpc) is 4.31. The number of aliphatic hydroxyl groups is 8. The van der Waals surface area contributed by atoms with Crippen molar-refractivity contribution in [1.29, 1.82) is 0 Å². The molecular formula is C60H62N4O16. The molecule has 10 N–H and O–H groups in total. The van der Waals surface area contributed by atoms with Gasteiger partial charge in [0.05, 0.1) is 22.8 Å². The van der Waals surface area contributed by atoms with Gasteiger partial charge in [0.2, 0.25) is 0 Å². The molecule has 0 amide bonds. The maximum atomic E-state index is 10.5. The maximum Gasteiger partial charge on any atom is 0.194 e. The van der Waals surface area contributed by atoms with Crippen molar-refractivity contribution in [2.45, 2.75) is 106 Å². The van der Waals surface area contributed by atoms with Crippen molar-refractivity contribution in [2.75, 3.05) is 0 Å². The van der Waals surface area contributed by atoms with Crippen molar-refractivity contribution in [3.05, 3.63) is 120 Å². The standard InChI is InChI=1S/C60H62N4O16/c1-29(65)73-41-17-37(18-42(25-41)74-30(2)66)57-49-9-11-51(61-49)58(38-19-43(75-31(3)67)26-44(20-38)76-32(4)68)53-13-15-55(63-53)60(40-23-47(79-35(7)71)28-48(24-40)80-36(8)72)56-16-14-54(64-56)59(52-12-10-50(57)62-52)39-21-45(77-33(5)69)27-46(22-39)78-34(6)70/h9-36,61,64-72H,1-8H3. The number of benzene rings is 4. The van der Waals surface area contributed by atoms with Crippen molar-refractivity contribution in [3.63, 3.8) is 0 Å². The number of rotatable bonds is 20. The third-order valence-corrected chi connectivity index (χ3v) is 11.9. The zero-order chi connectivity index (χ0) is 57.1. The van der Waals surface area contributed by atoms with Crippen LogP contribution in [-0.2, 0) is 0 Å². The Bertz CT molecular complexity index is 3060. The van der Waals surface area contributed by atoms with E-state index in [1.165, 1.54) is 79.7 Å². The number of nitrogens with zero attached hydrogens (tertiary/aromatic N) is 2. The van der Waals surface area contributed by atoms with Gasteiger partial charge < -0.3 is 88.7 Å². The van der Waals surface area contributed by atoms with E-state index in [-0.39, 0.29) is 46.0 Å². The quantitative estimate of drug-likeness (QED) is 0.0318. The normalized spacial score (nSPS) is 15.0. The van der Waals surface area contributed by atoms with E-state index in [0.717, 1.165) is 0 Å². The molecule has 20 heteroatoms. The van der Waals surface area contributed by atoms with Crippen LogP contribution < -0.4 is 37.9 Å². The molecule has 0 fully saturated rings. The molecule has 0 aliphatic carbocycles.